The maximum absolute atomic E-state index is 12.7. The summed E-state index contributed by atoms with van der Waals surface area (Å²) in [7, 11) is -1.44. The fraction of sp³-hybridized carbons (Fsp3) is 0.500. The Morgan fingerprint density at radius 3 is 2.32 bits per heavy atom. The molecule has 0 heterocycles. The molecule has 5 nitrogen and oxygen atoms in total. The van der Waals surface area contributed by atoms with E-state index in [1.165, 1.54) is 0 Å². The second-order valence-corrected chi connectivity index (χ2v) is 5.74. The molecule has 0 saturated carbocycles. The first-order valence-corrected chi connectivity index (χ1v) is 7.54. The Bertz CT molecular complexity index is 433. The molecule has 1 aromatic rings. The van der Waals surface area contributed by atoms with Crippen molar-refractivity contribution in [2.24, 2.45) is 0 Å². The molecule has 0 saturated heterocycles. The van der Waals surface area contributed by atoms with Crippen LogP contribution in [-0.4, -0.2) is 20.3 Å². The van der Waals surface area contributed by atoms with Crippen LogP contribution in [0.3, 0.4) is 0 Å². The van der Waals surface area contributed by atoms with Gasteiger partial charge in [-0.05, 0) is 44.7 Å². The Kier molecular flexibility index (Phi) is 8.30. The molecule has 0 aliphatic heterocycles. The SMILES string of the molecule is CCOP(=O)(OCC)c1ccc(N)cc1CNC.Cl. The average Bonchev–Trinajstić information content (AvgIpc) is 2.30. The zero-order valence-electron chi connectivity index (χ0n) is 11.5. The second kappa shape index (κ2) is 8.56. The maximum Gasteiger partial charge on any atom is 0.361 e. The fourth-order valence-corrected chi connectivity index (χ4v) is 3.51. The number of halogens is 1. The van der Waals surface area contributed by atoms with Gasteiger partial charge in [-0.3, -0.25) is 4.57 Å². The van der Waals surface area contributed by atoms with Crippen molar-refractivity contribution in [2.45, 2.75) is 20.4 Å². The highest BCUT2D eigenvalue weighted by Crippen LogP contribution is 2.47. The lowest BCUT2D eigenvalue weighted by molar-refractivity contribution is 0.229. The normalized spacial score (nSPS) is 11.1. The first-order valence-electron chi connectivity index (χ1n) is 6.00. The second-order valence-electron chi connectivity index (χ2n) is 3.75. The molecule has 7 heteroatoms. The van der Waals surface area contributed by atoms with E-state index >= 15 is 0 Å². The lowest BCUT2D eigenvalue weighted by Gasteiger charge is -2.20. The van der Waals surface area contributed by atoms with Crippen molar-refractivity contribution >= 4 is 31.0 Å². The van der Waals surface area contributed by atoms with E-state index in [-0.39, 0.29) is 12.4 Å². The molecule has 0 radical (unpaired) electrons. The number of rotatable bonds is 7. The Balaban J connectivity index is 0.00000324. The zero-order chi connectivity index (χ0) is 13.6. The minimum absolute atomic E-state index is 0. The average molecular weight is 309 g/mol. The first-order chi connectivity index (χ1) is 8.57. The molecule has 0 aliphatic carbocycles. The molecule has 0 fully saturated rings. The van der Waals surface area contributed by atoms with Crippen molar-refractivity contribution in [1.29, 1.82) is 0 Å². The van der Waals surface area contributed by atoms with Gasteiger partial charge in [-0.25, -0.2) is 0 Å². The van der Waals surface area contributed by atoms with Crippen LogP contribution in [0.25, 0.3) is 0 Å². The standard InChI is InChI=1S/C12H21N2O3P.ClH/c1-4-16-18(15,17-5-2)12-7-6-11(13)8-10(12)9-14-3;/h6-8,14H,4-5,9,13H2,1-3H3;1H. The minimum Gasteiger partial charge on any atom is -0.399 e. The topological polar surface area (TPSA) is 73.6 Å². The molecule has 0 aromatic heterocycles. The third-order valence-corrected chi connectivity index (χ3v) is 4.59. The van der Waals surface area contributed by atoms with Crippen LogP contribution < -0.4 is 16.4 Å². The van der Waals surface area contributed by atoms with Gasteiger partial charge in [0.2, 0.25) is 0 Å². The molecule has 1 aromatic carbocycles. The van der Waals surface area contributed by atoms with Crippen LogP contribution in [0.5, 0.6) is 0 Å². The molecule has 0 bridgehead atoms. The summed E-state index contributed by atoms with van der Waals surface area (Å²) in [5.74, 6) is 0. The monoisotopic (exact) mass is 308 g/mol. The van der Waals surface area contributed by atoms with E-state index in [2.05, 4.69) is 5.32 Å². The van der Waals surface area contributed by atoms with Crippen molar-refractivity contribution in [2.75, 3.05) is 26.0 Å². The fourth-order valence-electron chi connectivity index (χ4n) is 1.72. The molecule has 1 rings (SSSR count). The Morgan fingerprint density at radius 1 is 1.26 bits per heavy atom. The first kappa shape index (κ1) is 18.4. The van der Waals surface area contributed by atoms with Gasteiger partial charge in [-0.1, -0.05) is 0 Å². The number of nitrogens with one attached hydrogen (secondary N) is 1. The molecule has 3 N–H and O–H groups in total. The molecule has 0 atom stereocenters. The molecule has 0 aliphatic rings. The van der Waals surface area contributed by atoms with Gasteiger partial charge in [0.25, 0.3) is 0 Å². The predicted molar refractivity (Wildman–Crippen MR) is 81.4 cm³/mol. The lowest BCUT2D eigenvalue weighted by Crippen LogP contribution is -2.20. The van der Waals surface area contributed by atoms with Gasteiger partial charge in [0.15, 0.2) is 0 Å². The van der Waals surface area contributed by atoms with E-state index in [1.807, 2.05) is 7.05 Å². The van der Waals surface area contributed by atoms with Crippen molar-refractivity contribution in [3.63, 3.8) is 0 Å². The van der Waals surface area contributed by atoms with Gasteiger partial charge in [0, 0.05) is 12.2 Å². The van der Waals surface area contributed by atoms with Gasteiger partial charge in [-0.15, -0.1) is 12.4 Å². The van der Waals surface area contributed by atoms with Crippen molar-refractivity contribution < 1.29 is 13.6 Å². The van der Waals surface area contributed by atoms with Crippen LogP contribution in [0.4, 0.5) is 5.69 Å². The third-order valence-electron chi connectivity index (χ3n) is 2.36. The highest BCUT2D eigenvalue weighted by Gasteiger charge is 2.29. The van der Waals surface area contributed by atoms with E-state index in [1.54, 1.807) is 32.0 Å². The van der Waals surface area contributed by atoms with Gasteiger partial charge in [0.05, 0.1) is 18.5 Å². The summed E-state index contributed by atoms with van der Waals surface area (Å²) >= 11 is 0. The van der Waals surface area contributed by atoms with Crippen LogP contribution in [-0.2, 0) is 20.2 Å². The molecule has 19 heavy (non-hydrogen) atoms. The summed E-state index contributed by atoms with van der Waals surface area (Å²) in [5.41, 5.74) is 7.21. The highest BCUT2D eigenvalue weighted by molar-refractivity contribution is 7.62. The molecule has 0 spiro atoms. The van der Waals surface area contributed by atoms with Crippen LogP contribution in [0, 0.1) is 0 Å². The minimum atomic E-state index is -3.25. The Labute approximate surface area is 120 Å². The van der Waals surface area contributed by atoms with Crippen molar-refractivity contribution in [1.82, 2.24) is 5.32 Å². The number of benzene rings is 1. The largest absolute Gasteiger partial charge is 0.399 e. The molecular weight excluding hydrogens is 287 g/mol. The number of hydrogen-bond acceptors (Lipinski definition) is 5. The Hall–Kier alpha value is -0.580. The Morgan fingerprint density at radius 2 is 1.84 bits per heavy atom. The smallest absolute Gasteiger partial charge is 0.361 e. The van der Waals surface area contributed by atoms with Crippen LogP contribution in [0.2, 0.25) is 0 Å². The number of anilines is 1. The summed E-state index contributed by atoms with van der Waals surface area (Å²) < 4.78 is 23.4. The van der Waals surface area contributed by atoms with Crippen LogP contribution in [0.15, 0.2) is 18.2 Å². The van der Waals surface area contributed by atoms with Crippen molar-refractivity contribution in [3.8, 4) is 0 Å². The molecular formula is C12H22ClN2O3P. The van der Waals surface area contributed by atoms with E-state index < -0.39 is 7.60 Å². The summed E-state index contributed by atoms with van der Waals surface area (Å²) in [6, 6.07) is 5.21. The summed E-state index contributed by atoms with van der Waals surface area (Å²) in [6.45, 7) is 4.81. The van der Waals surface area contributed by atoms with Crippen molar-refractivity contribution in [3.05, 3.63) is 23.8 Å². The molecule has 110 valence electrons. The summed E-state index contributed by atoms with van der Waals surface area (Å²) in [4.78, 5) is 0. The number of nitrogen functional groups attached to an aromatic ring is 1. The lowest BCUT2D eigenvalue weighted by atomic mass is 10.2. The van der Waals surface area contributed by atoms with E-state index in [0.29, 0.717) is 30.8 Å². The van der Waals surface area contributed by atoms with Gasteiger partial charge >= 0.3 is 7.60 Å². The van der Waals surface area contributed by atoms with Crippen LogP contribution >= 0.6 is 20.0 Å². The maximum atomic E-state index is 12.7. The number of nitrogens with two attached hydrogens (primary N) is 1. The zero-order valence-corrected chi connectivity index (χ0v) is 13.2. The van der Waals surface area contributed by atoms with Gasteiger partial charge < -0.3 is 20.1 Å². The van der Waals surface area contributed by atoms with E-state index in [9.17, 15) is 4.57 Å². The summed E-state index contributed by atoms with van der Waals surface area (Å²) in [6.07, 6.45) is 0. The number of hydrogen-bond donors (Lipinski definition) is 2. The quantitative estimate of drug-likeness (QED) is 0.597. The third kappa shape index (κ3) is 4.79. The van der Waals surface area contributed by atoms with Gasteiger partial charge in [0.1, 0.15) is 0 Å². The molecule has 0 amide bonds. The van der Waals surface area contributed by atoms with E-state index in [0.717, 1.165) is 5.56 Å². The van der Waals surface area contributed by atoms with Crippen LogP contribution in [0.1, 0.15) is 19.4 Å². The van der Waals surface area contributed by atoms with E-state index in [4.69, 9.17) is 14.8 Å². The highest BCUT2D eigenvalue weighted by atomic mass is 35.5. The molecule has 0 unspecified atom stereocenters. The van der Waals surface area contributed by atoms with Gasteiger partial charge in [-0.2, -0.15) is 0 Å². The summed E-state index contributed by atoms with van der Waals surface area (Å²) in [5, 5.41) is 3.60. The predicted octanol–water partition coefficient (Wildman–Crippen LogP) is 2.30.